The second kappa shape index (κ2) is 3.89. The molecule has 13 heavy (non-hydrogen) atoms. The van der Waals surface area contributed by atoms with E-state index in [1.807, 2.05) is 25.5 Å². The predicted molar refractivity (Wildman–Crippen MR) is 51.1 cm³/mol. The number of aliphatic hydroxyl groups is 1. The van der Waals surface area contributed by atoms with Crippen molar-refractivity contribution in [1.82, 2.24) is 9.55 Å². The molecule has 0 bridgehead atoms. The second-order valence-corrected chi connectivity index (χ2v) is 3.47. The zero-order valence-corrected chi connectivity index (χ0v) is 8.36. The fourth-order valence-corrected chi connectivity index (χ4v) is 1.17. The van der Waals surface area contributed by atoms with Crippen molar-refractivity contribution >= 4 is 0 Å². The number of hydrogen-bond donors (Lipinski definition) is 2. The van der Waals surface area contributed by atoms with Crippen LogP contribution in [0.2, 0.25) is 0 Å². The predicted octanol–water partition coefficient (Wildman–Crippen LogP) is 0.357. The SMILES string of the molecule is Cc1cnc(C(O)C(C)CN)n1C. The molecule has 0 saturated carbocycles. The Bertz CT molecular complexity index is 282. The summed E-state index contributed by atoms with van der Waals surface area (Å²) in [6.45, 7) is 4.33. The molecular weight excluding hydrogens is 166 g/mol. The largest absolute Gasteiger partial charge is 0.385 e. The van der Waals surface area contributed by atoms with E-state index in [9.17, 15) is 5.11 Å². The molecule has 0 aromatic carbocycles. The molecule has 1 heterocycles. The van der Waals surface area contributed by atoms with Gasteiger partial charge in [-0.1, -0.05) is 6.92 Å². The molecule has 1 rings (SSSR count). The molecular formula is C9H17N3O. The van der Waals surface area contributed by atoms with Gasteiger partial charge >= 0.3 is 0 Å². The molecule has 1 aromatic rings. The van der Waals surface area contributed by atoms with Crippen LogP contribution in [-0.2, 0) is 7.05 Å². The molecule has 2 unspecified atom stereocenters. The zero-order valence-electron chi connectivity index (χ0n) is 8.36. The zero-order chi connectivity index (χ0) is 10.0. The lowest BCUT2D eigenvalue weighted by molar-refractivity contribution is 0.110. The number of nitrogens with two attached hydrogens (primary N) is 1. The summed E-state index contributed by atoms with van der Waals surface area (Å²) in [4.78, 5) is 4.14. The summed E-state index contributed by atoms with van der Waals surface area (Å²) in [5.74, 6) is 0.732. The maximum absolute atomic E-state index is 9.82. The first-order chi connectivity index (χ1) is 6.07. The highest BCUT2D eigenvalue weighted by molar-refractivity contribution is 5.05. The Hall–Kier alpha value is -0.870. The lowest BCUT2D eigenvalue weighted by atomic mass is 10.1. The number of nitrogens with zero attached hydrogens (tertiary/aromatic N) is 2. The van der Waals surface area contributed by atoms with Crippen molar-refractivity contribution in [1.29, 1.82) is 0 Å². The van der Waals surface area contributed by atoms with Crippen LogP contribution >= 0.6 is 0 Å². The molecule has 0 aliphatic heterocycles. The molecule has 0 saturated heterocycles. The maximum Gasteiger partial charge on any atom is 0.137 e. The van der Waals surface area contributed by atoms with Crippen LogP contribution in [0.25, 0.3) is 0 Å². The van der Waals surface area contributed by atoms with E-state index >= 15 is 0 Å². The Morgan fingerprint density at radius 3 is 2.69 bits per heavy atom. The van der Waals surface area contributed by atoms with Crippen molar-refractivity contribution in [3.8, 4) is 0 Å². The minimum Gasteiger partial charge on any atom is -0.385 e. The van der Waals surface area contributed by atoms with Crippen LogP contribution < -0.4 is 5.73 Å². The summed E-state index contributed by atoms with van der Waals surface area (Å²) in [7, 11) is 1.89. The molecule has 0 aliphatic rings. The van der Waals surface area contributed by atoms with Crippen molar-refractivity contribution in [3.63, 3.8) is 0 Å². The maximum atomic E-state index is 9.82. The molecule has 2 atom stereocenters. The lowest BCUT2D eigenvalue weighted by Crippen LogP contribution is -2.21. The van der Waals surface area contributed by atoms with Gasteiger partial charge in [-0.2, -0.15) is 0 Å². The van der Waals surface area contributed by atoms with Gasteiger partial charge in [0.2, 0.25) is 0 Å². The van der Waals surface area contributed by atoms with Crippen molar-refractivity contribution < 1.29 is 5.11 Å². The van der Waals surface area contributed by atoms with E-state index in [2.05, 4.69) is 4.98 Å². The van der Waals surface area contributed by atoms with Crippen LogP contribution in [0.1, 0.15) is 24.5 Å². The van der Waals surface area contributed by atoms with Gasteiger partial charge in [-0.15, -0.1) is 0 Å². The van der Waals surface area contributed by atoms with Gasteiger partial charge in [-0.3, -0.25) is 0 Å². The van der Waals surface area contributed by atoms with E-state index in [0.717, 1.165) is 5.69 Å². The molecule has 0 fully saturated rings. The van der Waals surface area contributed by atoms with E-state index in [1.165, 1.54) is 0 Å². The molecule has 0 aliphatic carbocycles. The van der Waals surface area contributed by atoms with Gasteiger partial charge in [0.1, 0.15) is 11.9 Å². The molecule has 3 N–H and O–H groups in total. The second-order valence-electron chi connectivity index (χ2n) is 3.47. The van der Waals surface area contributed by atoms with Crippen LogP contribution in [0.3, 0.4) is 0 Å². The first-order valence-electron chi connectivity index (χ1n) is 4.44. The Morgan fingerprint density at radius 2 is 2.31 bits per heavy atom. The van der Waals surface area contributed by atoms with Gasteiger partial charge in [0.25, 0.3) is 0 Å². The van der Waals surface area contributed by atoms with E-state index in [4.69, 9.17) is 5.73 Å². The van der Waals surface area contributed by atoms with Crippen molar-refractivity contribution in [2.75, 3.05) is 6.54 Å². The summed E-state index contributed by atoms with van der Waals surface area (Å²) < 4.78 is 1.89. The van der Waals surface area contributed by atoms with Crippen LogP contribution in [-0.4, -0.2) is 21.2 Å². The smallest absolute Gasteiger partial charge is 0.137 e. The van der Waals surface area contributed by atoms with Crippen LogP contribution in [0.5, 0.6) is 0 Å². The Labute approximate surface area is 78.4 Å². The minimum absolute atomic E-state index is 0.0421. The molecule has 0 amide bonds. The Kier molecular flexibility index (Phi) is 3.06. The van der Waals surface area contributed by atoms with Crippen LogP contribution in [0.4, 0.5) is 0 Å². The van der Waals surface area contributed by atoms with Crippen molar-refractivity contribution in [2.45, 2.75) is 20.0 Å². The van der Waals surface area contributed by atoms with Gasteiger partial charge in [0.05, 0.1) is 0 Å². The van der Waals surface area contributed by atoms with Gasteiger partial charge in [0.15, 0.2) is 0 Å². The molecule has 74 valence electrons. The van der Waals surface area contributed by atoms with Crippen LogP contribution in [0.15, 0.2) is 6.20 Å². The summed E-state index contributed by atoms with van der Waals surface area (Å²) in [5, 5.41) is 9.82. The Morgan fingerprint density at radius 1 is 1.69 bits per heavy atom. The quantitative estimate of drug-likeness (QED) is 0.711. The van der Waals surface area contributed by atoms with Crippen LogP contribution in [0, 0.1) is 12.8 Å². The number of aromatic nitrogens is 2. The number of imidazole rings is 1. The summed E-state index contributed by atoms with van der Waals surface area (Å²) in [6, 6.07) is 0. The molecule has 1 aromatic heterocycles. The summed E-state index contributed by atoms with van der Waals surface area (Å²) >= 11 is 0. The number of aryl methyl sites for hydroxylation is 1. The highest BCUT2D eigenvalue weighted by atomic mass is 16.3. The Balaban J connectivity index is 2.88. The average Bonchev–Trinajstić information content (AvgIpc) is 2.45. The topological polar surface area (TPSA) is 64.1 Å². The van der Waals surface area contributed by atoms with E-state index in [0.29, 0.717) is 12.4 Å². The van der Waals surface area contributed by atoms with E-state index in [-0.39, 0.29) is 5.92 Å². The number of aliphatic hydroxyl groups excluding tert-OH is 1. The normalized spacial score (nSPS) is 15.8. The van der Waals surface area contributed by atoms with Crippen molar-refractivity contribution in [3.05, 3.63) is 17.7 Å². The van der Waals surface area contributed by atoms with Gasteiger partial charge < -0.3 is 15.4 Å². The number of hydrogen-bond acceptors (Lipinski definition) is 3. The summed E-state index contributed by atoms with van der Waals surface area (Å²) in [5.41, 5.74) is 6.51. The highest BCUT2D eigenvalue weighted by Gasteiger charge is 2.19. The molecule has 0 spiro atoms. The minimum atomic E-state index is -0.566. The monoisotopic (exact) mass is 183 g/mol. The third-order valence-electron chi connectivity index (χ3n) is 2.43. The van der Waals surface area contributed by atoms with Gasteiger partial charge in [-0.05, 0) is 13.5 Å². The fraction of sp³-hybridized carbons (Fsp3) is 0.667. The first kappa shape index (κ1) is 10.2. The molecule has 0 radical (unpaired) electrons. The van der Waals surface area contributed by atoms with Gasteiger partial charge in [0, 0.05) is 24.9 Å². The summed E-state index contributed by atoms with van der Waals surface area (Å²) in [6.07, 6.45) is 1.19. The van der Waals surface area contributed by atoms with E-state index < -0.39 is 6.10 Å². The van der Waals surface area contributed by atoms with E-state index in [1.54, 1.807) is 6.20 Å². The lowest BCUT2D eigenvalue weighted by Gasteiger charge is -2.16. The molecule has 4 nitrogen and oxygen atoms in total. The third kappa shape index (κ3) is 1.89. The number of rotatable bonds is 3. The average molecular weight is 183 g/mol. The fourth-order valence-electron chi connectivity index (χ4n) is 1.17. The van der Waals surface area contributed by atoms with Gasteiger partial charge in [-0.25, -0.2) is 4.98 Å². The highest BCUT2D eigenvalue weighted by Crippen LogP contribution is 2.19. The third-order valence-corrected chi connectivity index (χ3v) is 2.43. The standard InChI is InChI=1S/C9H17N3O/c1-6(4-10)8(13)9-11-5-7(2)12(9)3/h5-6,8,13H,4,10H2,1-3H3. The molecule has 4 heteroatoms. The van der Waals surface area contributed by atoms with Crippen molar-refractivity contribution in [2.24, 2.45) is 18.7 Å². The first-order valence-corrected chi connectivity index (χ1v) is 4.44.